The van der Waals surface area contributed by atoms with E-state index >= 15 is 0 Å². The van der Waals surface area contributed by atoms with Crippen LogP contribution in [0.15, 0.2) is 45.6 Å². The molecule has 0 aromatic carbocycles. The Bertz CT molecular complexity index is 426. The van der Waals surface area contributed by atoms with Gasteiger partial charge in [-0.05, 0) is 24.3 Å². The number of rotatable bonds is 6. The lowest BCUT2D eigenvalue weighted by Gasteiger charge is -2.20. The largest absolute Gasteiger partial charge is 0.467 e. The molecule has 2 aromatic heterocycles. The molecule has 1 amide bonds. The molecule has 0 aliphatic rings. The van der Waals surface area contributed by atoms with Crippen LogP contribution in [0.25, 0.3) is 0 Å². The lowest BCUT2D eigenvalue weighted by atomic mass is 10.3. The van der Waals surface area contributed by atoms with Crippen molar-refractivity contribution in [2.75, 3.05) is 6.54 Å². The molecule has 0 unspecified atom stereocenters. The molecule has 0 fully saturated rings. The number of carbonyl (C=O) groups is 1. The Morgan fingerprint density at radius 3 is 2.06 bits per heavy atom. The fourth-order valence-corrected chi connectivity index (χ4v) is 1.70. The van der Waals surface area contributed by atoms with Gasteiger partial charge in [0, 0.05) is 13.0 Å². The van der Waals surface area contributed by atoms with Gasteiger partial charge in [0.05, 0.1) is 25.6 Å². The van der Waals surface area contributed by atoms with Crippen LogP contribution in [0, 0.1) is 0 Å². The molecule has 5 nitrogen and oxygen atoms in total. The normalized spacial score (nSPS) is 10.5. The highest BCUT2D eigenvalue weighted by Gasteiger charge is 2.16. The molecule has 2 rings (SSSR count). The summed E-state index contributed by atoms with van der Waals surface area (Å²) in [6.45, 7) is 1.19. The van der Waals surface area contributed by atoms with Crippen LogP contribution in [-0.4, -0.2) is 17.4 Å². The number of furan rings is 2. The summed E-state index contributed by atoms with van der Waals surface area (Å²) in [6.07, 6.45) is 3.50. The molecular weight excluding hydrogens is 232 g/mol. The Morgan fingerprint density at radius 1 is 1.11 bits per heavy atom. The first-order valence-corrected chi connectivity index (χ1v) is 5.82. The Kier molecular flexibility index (Phi) is 4.20. The van der Waals surface area contributed by atoms with Gasteiger partial charge in [-0.1, -0.05) is 0 Å². The summed E-state index contributed by atoms with van der Waals surface area (Å²) in [5, 5.41) is 0. The highest BCUT2D eigenvalue weighted by atomic mass is 16.3. The van der Waals surface area contributed by atoms with Gasteiger partial charge in [0.2, 0.25) is 5.91 Å². The first-order valence-electron chi connectivity index (χ1n) is 5.82. The number of nitrogens with zero attached hydrogens (tertiary/aromatic N) is 1. The summed E-state index contributed by atoms with van der Waals surface area (Å²) in [5.74, 6) is 1.48. The lowest BCUT2D eigenvalue weighted by molar-refractivity contribution is -0.132. The summed E-state index contributed by atoms with van der Waals surface area (Å²) in [6, 6.07) is 7.28. The van der Waals surface area contributed by atoms with E-state index in [1.54, 1.807) is 29.6 Å². The van der Waals surface area contributed by atoms with Gasteiger partial charge in [0.25, 0.3) is 0 Å². The van der Waals surface area contributed by atoms with Crippen molar-refractivity contribution in [1.82, 2.24) is 4.90 Å². The van der Waals surface area contributed by atoms with Gasteiger partial charge in [-0.25, -0.2) is 0 Å². The first-order chi connectivity index (χ1) is 8.79. The molecule has 0 radical (unpaired) electrons. The van der Waals surface area contributed by atoms with Gasteiger partial charge in [-0.2, -0.15) is 0 Å². The predicted molar refractivity (Wildman–Crippen MR) is 65.3 cm³/mol. The highest BCUT2D eigenvalue weighted by Crippen LogP contribution is 2.12. The monoisotopic (exact) mass is 248 g/mol. The fraction of sp³-hybridized carbons (Fsp3) is 0.308. The highest BCUT2D eigenvalue weighted by molar-refractivity contribution is 5.76. The lowest BCUT2D eigenvalue weighted by Crippen LogP contribution is -2.31. The van der Waals surface area contributed by atoms with Gasteiger partial charge in [-0.3, -0.25) is 4.79 Å². The van der Waals surface area contributed by atoms with Crippen LogP contribution in [0.1, 0.15) is 17.9 Å². The maximum atomic E-state index is 12.0. The third-order valence-electron chi connectivity index (χ3n) is 2.56. The van der Waals surface area contributed by atoms with E-state index in [4.69, 9.17) is 14.6 Å². The quantitative estimate of drug-likeness (QED) is 0.845. The van der Waals surface area contributed by atoms with Crippen LogP contribution >= 0.6 is 0 Å². The van der Waals surface area contributed by atoms with Crippen molar-refractivity contribution in [2.45, 2.75) is 19.5 Å². The van der Waals surface area contributed by atoms with Crippen LogP contribution in [0.2, 0.25) is 0 Å². The van der Waals surface area contributed by atoms with Crippen molar-refractivity contribution < 1.29 is 13.6 Å². The van der Waals surface area contributed by atoms with Crippen molar-refractivity contribution in [1.29, 1.82) is 0 Å². The van der Waals surface area contributed by atoms with Crippen molar-refractivity contribution in [3.05, 3.63) is 48.3 Å². The molecule has 0 aliphatic carbocycles. The third-order valence-corrected chi connectivity index (χ3v) is 2.56. The van der Waals surface area contributed by atoms with Crippen molar-refractivity contribution in [3.8, 4) is 0 Å². The zero-order valence-corrected chi connectivity index (χ0v) is 10.0. The molecule has 0 spiro atoms. The number of hydrogen-bond donors (Lipinski definition) is 1. The van der Waals surface area contributed by atoms with Crippen LogP contribution in [0.4, 0.5) is 0 Å². The van der Waals surface area contributed by atoms with Crippen LogP contribution in [0.5, 0.6) is 0 Å². The average Bonchev–Trinajstić information content (AvgIpc) is 3.01. The fourth-order valence-electron chi connectivity index (χ4n) is 1.70. The molecule has 96 valence electrons. The molecule has 5 heteroatoms. The summed E-state index contributed by atoms with van der Waals surface area (Å²) in [5.41, 5.74) is 5.42. The predicted octanol–water partition coefficient (Wildman–Crippen LogP) is 1.75. The Hall–Kier alpha value is -2.01. The second-order valence-corrected chi connectivity index (χ2v) is 3.95. The number of nitrogens with two attached hydrogens (primary N) is 1. The zero-order valence-electron chi connectivity index (χ0n) is 10.0. The van der Waals surface area contributed by atoms with Gasteiger partial charge < -0.3 is 19.5 Å². The Labute approximate surface area is 105 Å². The van der Waals surface area contributed by atoms with E-state index in [9.17, 15) is 4.79 Å². The molecular formula is C13H16N2O3. The molecule has 2 N–H and O–H groups in total. The van der Waals surface area contributed by atoms with E-state index < -0.39 is 0 Å². The second-order valence-electron chi connectivity index (χ2n) is 3.95. The molecule has 0 bridgehead atoms. The maximum Gasteiger partial charge on any atom is 0.224 e. The SMILES string of the molecule is NCCC(=O)N(Cc1ccco1)Cc1ccco1. The summed E-state index contributed by atoms with van der Waals surface area (Å²) in [7, 11) is 0. The minimum absolute atomic E-state index is 0.00898. The van der Waals surface area contributed by atoms with E-state index in [-0.39, 0.29) is 5.91 Å². The minimum Gasteiger partial charge on any atom is -0.467 e. The van der Waals surface area contributed by atoms with Gasteiger partial charge in [-0.15, -0.1) is 0 Å². The van der Waals surface area contributed by atoms with Crippen LogP contribution in [-0.2, 0) is 17.9 Å². The molecule has 2 heterocycles. The van der Waals surface area contributed by atoms with Crippen molar-refractivity contribution in [3.63, 3.8) is 0 Å². The zero-order chi connectivity index (χ0) is 12.8. The molecule has 0 aliphatic heterocycles. The average molecular weight is 248 g/mol. The van der Waals surface area contributed by atoms with Gasteiger partial charge in [0.1, 0.15) is 11.5 Å². The van der Waals surface area contributed by atoms with E-state index in [0.717, 1.165) is 11.5 Å². The van der Waals surface area contributed by atoms with Crippen LogP contribution < -0.4 is 5.73 Å². The van der Waals surface area contributed by atoms with Crippen molar-refractivity contribution in [2.24, 2.45) is 5.73 Å². The Balaban J connectivity index is 2.04. The number of amides is 1. The standard InChI is InChI=1S/C13H16N2O3/c14-6-5-13(16)15(9-11-3-1-7-17-11)10-12-4-2-8-18-12/h1-4,7-8H,5-6,9-10,14H2. The molecule has 0 saturated heterocycles. The first kappa shape index (κ1) is 12.4. The van der Waals surface area contributed by atoms with E-state index in [2.05, 4.69) is 0 Å². The number of carbonyl (C=O) groups excluding carboxylic acids is 1. The molecule has 18 heavy (non-hydrogen) atoms. The summed E-state index contributed by atoms with van der Waals surface area (Å²) >= 11 is 0. The van der Waals surface area contributed by atoms with Crippen molar-refractivity contribution >= 4 is 5.91 Å². The van der Waals surface area contributed by atoms with E-state index in [0.29, 0.717) is 26.1 Å². The maximum absolute atomic E-state index is 12.0. The van der Waals surface area contributed by atoms with E-state index in [1.807, 2.05) is 12.1 Å². The third kappa shape index (κ3) is 3.24. The van der Waals surface area contributed by atoms with Gasteiger partial charge in [0.15, 0.2) is 0 Å². The molecule has 0 saturated carbocycles. The Morgan fingerprint density at radius 2 is 1.67 bits per heavy atom. The van der Waals surface area contributed by atoms with Crippen LogP contribution in [0.3, 0.4) is 0 Å². The van der Waals surface area contributed by atoms with E-state index in [1.165, 1.54) is 0 Å². The summed E-state index contributed by atoms with van der Waals surface area (Å²) < 4.78 is 10.5. The number of hydrogen-bond acceptors (Lipinski definition) is 4. The van der Waals surface area contributed by atoms with Gasteiger partial charge >= 0.3 is 0 Å². The smallest absolute Gasteiger partial charge is 0.224 e. The second kappa shape index (κ2) is 6.07. The minimum atomic E-state index is -0.00898. The molecule has 0 atom stereocenters. The molecule has 2 aromatic rings. The topological polar surface area (TPSA) is 72.6 Å². The summed E-state index contributed by atoms with van der Waals surface area (Å²) in [4.78, 5) is 13.6.